The zero-order chi connectivity index (χ0) is 36.6. The summed E-state index contributed by atoms with van der Waals surface area (Å²) in [7, 11) is 0. The van der Waals surface area contributed by atoms with E-state index in [1.807, 2.05) is 0 Å². The molecule has 0 fully saturated rings. The third kappa shape index (κ3) is 8.72. The minimum atomic E-state index is 1.10. The van der Waals surface area contributed by atoms with Gasteiger partial charge in [0.2, 0.25) is 0 Å². The van der Waals surface area contributed by atoms with Crippen LogP contribution in [0.4, 0.5) is 17.1 Å². The molecule has 7 rings (SSSR count). The summed E-state index contributed by atoms with van der Waals surface area (Å²) in [6.07, 6.45) is 8.87. The van der Waals surface area contributed by atoms with Gasteiger partial charge in [0, 0.05) is 17.1 Å². The molecule has 0 aliphatic rings. The van der Waals surface area contributed by atoms with E-state index in [1.54, 1.807) is 0 Å². The Morgan fingerprint density at radius 3 is 1.34 bits per heavy atom. The number of hydrogen-bond donors (Lipinski definition) is 0. The number of nitrogens with zero attached hydrogens (tertiary/aromatic N) is 1. The van der Waals surface area contributed by atoms with Crippen LogP contribution in [0.1, 0.15) is 55.6 Å². The Morgan fingerprint density at radius 1 is 0.377 bits per heavy atom. The predicted molar refractivity (Wildman–Crippen MR) is 229 cm³/mol. The van der Waals surface area contributed by atoms with Gasteiger partial charge in [0.05, 0.1) is 0 Å². The first kappa shape index (κ1) is 35.0. The fourth-order valence-electron chi connectivity index (χ4n) is 6.68. The second-order valence-corrected chi connectivity index (χ2v) is 13.8. The van der Waals surface area contributed by atoms with Gasteiger partial charge in [0.25, 0.3) is 0 Å². The lowest BCUT2D eigenvalue weighted by Crippen LogP contribution is -2.09. The summed E-state index contributed by atoms with van der Waals surface area (Å²) in [4.78, 5) is 2.32. The molecule has 1 nitrogen and oxygen atoms in total. The summed E-state index contributed by atoms with van der Waals surface area (Å²) in [5, 5.41) is 0. The highest BCUT2D eigenvalue weighted by Gasteiger charge is 2.13. The van der Waals surface area contributed by atoms with E-state index in [0.29, 0.717) is 0 Å². The first-order valence-electron chi connectivity index (χ1n) is 18.3. The number of anilines is 3. The molecule has 0 atom stereocenters. The van der Waals surface area contributed by atoms with Crippen LogP contribution in [0.25, 0.3) is 23.3 Å². The average Bonchev–Trinajstić information content (AvgIpc) is 3.18. The van der Waals surface area contributed by atoms with Crippen LogP contribution in [0.5, 0.6) is 0 Å². The van der Waals surface area contributed by atoms with Gasteiger partial charge < -0.3 is 4.90 Å². The van der Waals surface area contributed by atoms with Crippen molar-refractivity contribution in [3.8, 4) is 0 Å². The van der Waals surface area contributed by atoms with Crippen molar-refractivity contribution in [3.63, 3.8) is 0 Å². The summed E-state index contributed by atoms with van der Waals surface area (Å²) in [5.41, 5.74) is 17.9. The largest absolute Gasteiger partial charge is 0.311 e. The van der Waals surface area contributed by atoms with Crippen molar-refractivity contribution in [2.45, 2.75) is 27.7 Å². The molecule has 0 aliphatic carbocycles. The topological polar surface area (TPSA) is 3.24 Å². The minimum Gasteiger partial charge on any atom is -0.311 e. The minimum absolute atomic E-state index is 1.10. The number of benzene rings is 7. The molecule has 258 valence electrons. The van der Waals surface area contributed by atoms with Gasteiger partial charge in [-0.15, -0.1) is 0 Å². The molecule has 0 amide bonds. The van der Waals surface area contributed by atoms with Gasteiger partial charge >= 0.3 is 0 Å². The molecule has 53 heavy (non-hydrogen) atoms. The van der Waals surface area contributed by atoms with Crippen molar-refractivity contribution < 1.29 is 0 Å². The van der Waals surface area contributed by atoms with Crippen molar-refractivity contribution >= 4 is 40.4 Å². The Bertz CT molecular complexity index is 2280. The predicted octanol–water partition coefficient (Wildman–Crippen LogP) is 14.1. The number of hydrogen-bond acceptors (Lipinski definition) is 1. The molecule has 0 unspecified atom stereocenters. The Morgan fingerprint density at radius 2 is 0.849 bits per heavy atom. The summed E-state index contributed by atoms with van der Waals surface area (Å²) >= 11 is 0. The van der Waals surface area contributed by atoms with E-state index < -0.39 is 0 Å². The van der Waals surface area contributed by atoms with E-state index in [9.17, 15) is 0 Å². The highest BCUT2D eigenvalue weighted by Crippen LogP contribution is 2.36. The van der Waals surface area contributed by atoms with E-state index >= 15 is 0 Å². The normalized spacial score (nSPS) is 10.9. The number of allylic oxidation sites excluding steroid dienone is 2. The van der Waals surface area contributed by atoms with Gasteiger partial charge in [-0.1, -0.05) is 180 Å². The molecule has 1 heteroatoms. The van der Waals surface area contributed by atoms with Gasteiger partial charge in [-0.05, 0) is 115 Å². The Balaban J connectivity index is 1.18. The van der Waals surface area contributed by atoms with Gasteiger partial charge in [0.15, 0.2) is 0 Å². The van der Waals surface area contributed by atoms with Crippen LogP contribution in [0.15, 0.2) is 188 Å². The van der Waals surface area contributed by atoms with Gasteiger partial charge in [-0.3, -0.25) is 0 Å². The van der Waals surface area contributed by atoms with Crippen molar-refractivity contribution in [3.05, 3.63) is 244 Å². The molecule has 0 bridgehead atoms. The summed E-state index contributed by atoms with van der Waals surface area (Å²) in [6.45, 7) is 8.56. The zero-order valence-electron chi connectivity index (χ0n) is 31.0. The molecule has 0 aliphatic heterocycles. The van der Waals surface area contributed by atoms with E-state index in [-0.39, 0.29) is 0 Å². The summed E-state index contributed by atoms with van der Waals surface area (Å²) in [5.74, 6) is 0. The maximum Gasteiger partial charge on any atom is 0.0462 e. The molecule has 0 N–H and O–H groups in total. The van der Waals surface area contributed by atoms with E-state index in [0.717, 1.165) is 28.2 Å². The van der Waals surface area contributed by atoms with Crippen LogP contribution < -0.4 is 4.90 Å². The highest BCUT2D eigenvalue weighted by molar-refractivity contribution is 5.92. The second-order valence-electron chi connectivity index (χ2n) is 13.8. The fourth-order valence-corrected chi connectivity index (χ4v) is 6.68. The van der Waals surface area contributed by atoms with Crippen LogP contribution in [0.3, 0.4) is 0 Å². The third-order valence-corrected chi connectivity index (χ3v) is 9.56. The van der Waals surface area contributed by atoms with E-state index in [2.05, 4.69) is 233 Å². The lowest BCUT2D eigenvalue weighted by molar-refractivity contribution is 1.28. The maximum absolute atomic E-state index is 2.32. The molecular formula is C52H45N. The Hall–Kier alpha value is -6.44. The third-order valence-electron chi connectivity index (χ3n) is 9.56. The fraction of sp³-hybridized carbons (Fsp3) is 0.0769. The van der Waals surface area contributed by atoms with E-state index in [4.69, 9.17) is 0 Å². The van der Waals surface area contributed by atoms with Crippen molar-refractivity contribution in [2.75, 3.05) is 4.90 Å². The monoisotopic (exact) mass is 683 g/mol. The smallest absolute Gasteiger partial charge is 0.0462 e. The second kappa shape index (κ2) is 16.3. The first-order chi connectivity index (χ1) is 25.9. The number of aryl methyl sites for hydroxylation is 4. The first-order valence-corrected chi connectivity index (χ1v) is 18.3. The summed E-state index contributed by atoms with van der Waals surface area (Å²) < 4.78 is 0. The average molecular weight is 684 g/mol. The van der Waals surface area contributed by atoms with Crippen LogP contribution in [0.2, 0.25) is 0 Å². The van der Waals surface area contributed by atoms with E-state index in [1.165, 1.54) is 55.7 Å². The highest BCUT2D eigenvalue weighted by atomic mass is 15.1. The SMILES string of the molecule is Cc1ccc(C(=CC=Cc2ccc(N(c3ccccc3)c3ccc(C=C(c4cccc(C)c4)c4cccc(C)c4)cc3)cc2)c2ccc(C)cc2)cc1. The maximum atomic E-state index is 2.32. The molecule has 0 radical (unpaired) electrons. The van der Waals surface area contributed by atoms with Gasteiger partial charge in [-0.25, -0.2) is 0 Å². The van der Waals surface area contributed by atoms with Crippen molar-refractivity contribution in [1.29, 1.82) is 0 Å². The molecular weight excluding hydrogens is 639 g/mol. The zero-order valence-corrected chi connectivity index (χ0v) is 31.0. The van der Waals surface area contributed by atoms with Crippen LogP contribution in [-0.2, 0) is 0 Å². The lowest BCUT2D eigenvalue weighted by atomic mass is 9.93. The standard InChI is InChI=1S/C52H45N/c1-38-19-27-44(28-20-38)51(45-29-21-39(2)22-30-45)18-10-13-42-23-31-49(32-24-42)53(48-16-6-5-7-17-48)50-33-25-43(26-34-50)37-52(46-14-8-11-40(3)35-46)47-15-9-12-41(4)36-47/h5-37H,1-4H3. The van der Waals surface area contributed by atoms with Crippen LogP contribution in [-0.4, -0.2) is 0 Å². The molecule has 0 heterocycles. The van der Waals surface area contributed by atoms with Crippen molar-refractivity contribution in [1.82, 2.24) is 0 Å². The number of para-hydroxylation sites is 1. The van der Waals surface area contributed by atoms with Crippen LogP contribution in [0, 0.1) is 27.7 Å². The van der Waals surface area contributed by atoms with Gasteiger partial charge in [0.1, 0.15) is 0 Å². The molecule has 7 aromatic carbocycles. The molecule has 0 saturated heterocycles. The van der Waals surface area contributed by atoms with Crippen molar-refractivity contribution in [2.24, 2.45) is 0 Å². The molecule has 0 aromatic heterocycles. The molecule has 7 aromatic rings. The van der Waals surface area contributed by atoms with Crippen LogP contribution >= 0.6 is 0 Å². The Labute approximate surface area is 315 Å². The quantitative estimate of drug-likeness (QED) is 0.102. The lowest BCUT2D eigenvalue weighted by Gasteiger charge is -2.25. The van der Waals surface area contributed by atoms with Gasteiger partial charge in [-0.2, -0.15) is 0 Å². The molecule has 0 spiro atoms. The summed E-state index contributed by atoms with van der Waals surface area (Å²) in [6, 6.07) is 63.3. The Kier molecular flexibility index (Phi) is 10.7. The number of rotatable bonds is 10. The molecule has 0 saturated carbocycles.